The van der Waals surface area contributed by atoms with Crippen molar-refractivity contribution in [2.75, 3.05) is 36.8 Å². The Kier molecular flexibility index (Phi) is 10.5. The summed E-state index contributed by atoms with van der Waals surface area (Å²) in [6.45, 7) is 2.48. The van der Waals surface area contributed by atoms with E-state index in [1.807, 2.05) is 108 Å². The van der Waals surface area contributed by atoms with Crippen molar-refractivity contribution in [1.82, 2.24) is 9.80 Å². The molecule has 2 N–H and O–H groups in total. The minimum absolute atomic E-state index is 0.0803. The van der Waals surface area contributed by atoms with Crippen LogP contribution in [0.4, 0.5) is 16.2 Å². The van der Waals surface area contributed by atoms with Crippen molar-refractivity contribution in [3.05, 3.63) is 198 Å². The monoisotopic (exact) mass is 672 g/mol. The number of rotatable bonds is 10. The van der Waals surface area contributed by atoms with Gasteiger partial charge < -0.3 is 20.3 Å². The van der Waals surface area contributed by atoms with E-state index in [9.17, 15) is 9.59 Å². The van der Waals surface area contributed by atoms with Gasteiger partial charge in [-0.25, -0.2) is 4.79 Å². The maximum atomic E-state index is 14.5. The van der Waals surface area contributed by atoms with Crippen molar-refractivity contribution in [2.45, 2.75) is 12.1 Å². The molecule has 3 amide bonds. The molecule has 0 saturated carbocycles. The summed E-state index contributed by atoms with van der Waals surface area (Å²) >= 11 is 0. The highest BCUT2D eigenvalue weighted by molar-refractivity contribution is 6.02. The number of carbonyl (C=O) groups excluding carboxylic acids is 2. The topological polar surface area (TPSA) is 73.9 Å². The molecule has 1 aliphatic heterocycles. The van der Waals surface area contributed by atoms with Crippen LogP contribution in [-0.4, -0.2) is 47.9 Å². The second kappa shape index (κ2) is 16.0. The lowest BCUT2D eigenvalue weighted by Crippen LogP contribution is -2.50. The lowest BCUT2D eigenvalue weighted by molar-refractivity contribution is 0.0592. The van der Waals surface area contributed by atoms with E-state index in [1.54, 1.807) is 18.2 Å². The Labute approximate surface area is 299 Å². The van der Waals surface area contributed by atoms with Gasteiger partial charge in [-0.3, -0.25) is 9.69 Å². The fourth-order valence-electron chi connectivity index (χ4n) is 6.64. The van der Waals surface area contributed by atoms with E-state index in [0.29, 0.717) is 48.9 Å². The first-order chi connectivity index (χ1) is 25.1. The van der Waals surface area contributed by atoms with Gasteiger partial charge in [0.1, 0.15) is 11.9 Å². The Morgan fingerprint density at radius 2 is 0.961 bits per heavy atom. The second-order valence-electron chi connectivity index (χ2n) is 12.5. The third-order valence-corrected chi connectivity index (χ3v) is 9.15. The molecule has 0 radical (unpaired) electrons. The molecule has 1 aliphatic rings. The number of urea groups is 1. The largest absolute Gasteiger partial charge is 0.480 e. The molecule has 0 bridgehead atoms. The van der Waals surface area contributed by atoms with Gasteiger partial charge in [0.2, 0.25) is 0 Å². The van der Waals surface area contributed by atoms with Crippen LogP contribution in [0.1, 0.15) is 44.8 Å². The number of carbonyl (C=O) groups is 2. The average Bonchev–Trinajstić information content (AvgIpc) is 3.19. The lowest BCUT2D eigenvalue weighted by atomic mass is 9.96. The van der Waals surface area contributed by atoms with Crippen LogP contribution in [0, 0.1) is 0 Å². The third kappa shape index (κ3) is 8.18. The molecule has 0 aliphatic carbocycles. The molecule has 7 rings (SSSR count). The van der Waals surface area contributed by atoms with Crippen LogP contribution in [0.25, 0.3) is 0 Å². The average molecular weight is 673 g/mol. The molecule has 7 heteroatoms. The van der Waals surface area contributed by atoms with Crippen LogP contribution in [0.15, 0.2) is 170 Å². The van der Waals surface area contributed by atoms with Crippen molar-refractivity contribution < 1.29 is 14.3 Å². The molecule has 0 aromatic heterocycles. The summed E-state index contributed by atoms with van der Waals surface area (Å²) < 4.78 is 6.77. The number of nitrogens with one attached hydrogen (secondary N) is 2. The van der Waals surface area contributed by atoms with E-state index >= 15 is 0 Å². The number of hydrogen-bond acceptors (Lipinski definition) is 4. The predicted octanol–water partition coefficient (Wildman–Crippen LogP) is 9.05. The number of piperazine rings is 1. The highest BCUT2D eigenvalue weighted by Gasteiger charge is 2.30. The molecule has 51 heavy (non-hydrogen) atoms. The minimum atomic E-state index is -0.450. The number of hydrogen-bond donors (Lipinski definition) is 2. The number of ether oxygens (including phenoxy) is 1. The van der Waals surface area contributed by atoms with Gasteiger partial charge in [0, 0.05) is 37.6 Å². The molecule has 254 valence electrons. The van der Waals surface area contributed by atoms with Gasteiger partial charge >= 0.3 is 6.03 Å². The van der Waals surface area contributed by atoms with Crippen LogP contribution in [0.2, 0.25) is 0 Å². The Hall–Kier alpha value is -6.18. The maximum absolute atomic E-state index is 14.5. The number of amides is 3. The van der Waals surface area contributed by atoms with Gasteiger partial charge in [-0.2, -0.15) is 0 Å². The van der Waals surface area contributed by atoms with E-state index in [4.69, 9.17) is 4.74 Å². The van der Waals surface area contributed by atoms with Crippen molar-refractivity contribution >= 4 is 23.3 Å². The van der Waals surface area contributed by atoms with Crippen LogP contribution in [0.3, 0.4) is 0 Å². The molecule has 1 heterocycles. The second-order valence-corrected chi connectivity index (χ2v) is 12.5. The SMILES string of the molecule is O=C(Nc1ccccc1)Nc1ccc(OC(c2ccccc2)c2ccccc2)c(C(=O)N2CCN(C(c3ccccc3)c3ccccc3)CC2)c1. The summed E-state index contributed by atoms with van der Waals surface area (Å²) in [4.78, 5) is 31.8. The van der Waals surface area contributed by atoms with E-state index in [-0.39, 0.29) is 11.9 Å². The molecule has 0 spiro atoms. The van der Waals surface area contributed by atoms with E-state index in [2.05, 4.69) is 64.1 Å². The van der Waals surface area contributed by atoms with Crippen molar-refractivity contribution in [2.24, 2.45) is 0 Å². The normalized spacial score (nSPS) is 13.2. The van der Waals surface area contributed by atoms with Gasteiger partial charge in [-0.05, 0) is 52.6 Å². The van der Waals surface area contributed by atoms with Crippen molar-refractivity contribution in [3.8, 4) is 5.75 Å². The van der Waals surface area contributed by atoms with Gasteiger partial charge in [0.15, 0.2) is 0 Å². The summed E-state index contributed by atoms with van der Waals surface area (Å²) in [5, 5.41) is 5.76. The Bertz CT molecular complexity index is 1940. The Morgan fingerprint density at radius 3 is 1.47 bits per heavy atom. The van der Waals surface area contributed by atoms with Crippen LogP contribution in [-0.2, 0) is 0 Å². The molecule has 6 aromatic carbocycles. The molecule has 0 atom stereocenters. The Morgan fingerprint density at radius 1 is 0.510 bits per heavy atom. The molecular formula is C44H40N4O3. The van der Waals surface area contributed by atoms with Gasteiger partial charge in [-0.15, -0.1) is 0 Å². The van der Waals surface area contributed by atoms with E-state index in [1.165, 1.54) is 11.1 Å². The molecule has 0 unspecified atom stereocenters. The predicted molar refractivity (Wildman–Crippen MR) is 203 cm³/mol. The first-order valence-corrected chi connectivity index (χ1v) is 17.3. The lowest BCUT2D eigenvalue weighted by Gasteiger charge is -2.40. The van der Waals surface area contributed by atoms with E-state index in [0.717, 1.165) is 11.1 Å². The zero-order valence-corrected chi connectivity index (χ0v) is 28.3. The number of anilines is 2. The number of nitrogens with zero attached hydrogens (tertiary/aromatic N) is 2. The smallest absolute Gasteiger partial charge is 0.323 e. The summed E-state index contributed by atoms with van der Waals surface area (Å²) in [5.41, 5.74) is 5.92. The van der Waals surface area contributed by atoms with Gasteiger partial charge in [-0.1, -0.05) is 140 Å². The molecule has 7 nitrogen and oxygen atoms in total. The molecular weight excluding hydrogens is 633 g/mol. The van der Waals surface area contributed by atoms with Crippen molar-refractivity contribution in [3.63, 3.8) is 0 Å². The third-order valence-electron chi connectivity index (χ3n) is 9.15. The van der Waals surface area contributed by atoms with Crippen LogP contribution >= 0.6 is 0 Å². The zero-order chi connectivity index (χ0) is 34.8. The molecule has 1 fully saturated rings. The summed E-state index contributed by atoms with van der Waals surface area (Å²) in [6, 6.07) is 55.2. The van der Waals surface area contributed by atoms with E-state index < -0.39 is 12.1 Å². The highest BCUT2D eigenvalue weighted by Crippen LogP contribution is 2.34. The fraction of sp³-hybridized carbons (Fsp3) is 0.136. The molecule has 6 aromatic rings. The molecule has 1 saturated heterocycles. The first kappa shape index (κ1) is 33.3. The maximum Gasteiger partial charge on any atom is 0.323 e. The summed E-state index contributed by atoms with van der Waals surface area (Å²) in [6.07, 6.45) is -0.450. The summed E-state index contributed by atoms with van der Waals surface area (Å²) in [5.74, 6) is 0.299. The van der Waals surface area contributed by atoms with Crippen LogP contribution in [0.5, 0.6) is 5.75 Å². The van der Waals surface area contributed by atoms with Crippen LogP contribution < -0.4 is 15.4 Å². The first-order valence-electron chi connectivity index (χ1n) is 17.3. The van der Waals surface area contributed by atoms with Crippen molar-refractivity contribution in [1.29, 1.82) is 0 Å². The summed E-state index contributed by atoms with van der Waals surface area (Å²) in [7, 11) is 0. The van der Waals surface area contributed by atoms with Gasteiger partial charge in [0.05, 0.1) is 11.6 Å². The minimum Gasteiger partial charge on any atom is -0.480 e. The van der Waals surface area contributed by atoms with Gasteiger partial charge in [0.25, 0.3) is 5.91 Å². The number of benzene rings is 6. The standard InChI is InChI=1S/C44H40N4O3/c49-43(48-30-28-47(29-31-48)41(33-16-6-1-7-17-33)34-18-8-2-9-19-34)39-32-38(46-44(50)45-37-24-14-5-15-25-37)26-27-40(39)51-42(35-20-10-3-11-21-35)36-22-12-4-13-23-36/h1-27,32,41-42H,28-31H2,(H2,45,46,50). The quantitative estimate of drug-likeness (QED) is 0.152. The number of para-hydroxylation sites is 1. The fourth-order valence-corrected chi connectivity index (χ4v) is 6.64. The zero-order valence-electron chi connectivity index (χ0n) is 28.3. The Balaban J connectivity index is 1.16. The highest BCUT2D eigenvalue weighted by atomic mass is 16.5.